The van der Waals surface area contributed by atoms with Gasteiger partial charge in [0.15, 0.2) is 5.13 Å². The number of nitrogens with zero attached hydrogens (tertiary/aromatic N) is 2. The van der Waals surface area contributed by atoms with Gasteiger partial charge in [-0.15, -0.1) is 11.3 Å². The van der Waals surface area contributed by atoms with Gasteiger partial charge in [-0.1, -0.05) is 35.9 Å². The van der Waals surface area contributed by atoms with Gasteiger partial charge in [-0.25, -0.2) is 15.2 Å². The molecule has 0 aliphatic carbocycles. The first-order chi connectivity index (χ1) is 20.3. The average molecular weight is 709 g/mol. The Labute approximate surface area is 264 Å². The Bertz CT molecular complexity index is 1740. The molecule has 4 aromatic carbocycles. The van der Waals surface area contributed by atoms with Gasteiger partial charge >= 0.3 is 5.97 Å². The number of halogens is 2. The van der Waals surface area contributed by atoms with E-state index in [1.807, 2.05) is 60.0 Å². The fourth-order valence-electron chi connectivity index (χ4n) is 3.76. The minimum atomic E-state index is -0.964. The van der Waals surface area contributed by atoms with E-state index < -0.39 is 5.97 Å². The van der Waals surface area contributed by atoms with Crippen molar-refractivity contribution in [2.45, 2.75) is 6.61 Å². The van der Waals surface area contributed by atoms with Gasteiger partial charge in [0.1, 0.15) is 12.4 Å². The lowest BCUT2D eigenvalue weighted by Crippen LogP contribution is -2.17. The molecule has 0 atom stereocenters. The van der Waals surface area contributed by atoms with Crippen molar-refractivity contribution in [2.75, 3.05) is 5.32 Å². The maximum Gasteiger partial charge on any atom is 0.335 e. The van der Waals surface area contributed by atoms with Gasteiger partial charge < -0.3 is 15.2 Å². The van der Waals surface area contributed by atoms with Crippen molar-refractivity contribution in [3.63, 3.8) is 0 Å². The van der Waals surface area contributed by atoms with Crippen LogP contribution >= 0.6 is 45.5 Å². The predicted molar refractivity (Wildman–Crippen MR) is 174 cm³/mol. The van der Waals surface area contributed by atoms with Crippen molar-refractivity contribution in [1.82, 2.24) is 10.4 Å². The second-order valence-corrected chi connectivity index (χ2v) is 11.4. The van der Waals surface area contributed by atoms with Crippen molar-refractivity contribution in [2.24, 2.45) is 5.10 Å². The number of thiazole rings is 1. The van der Waals surface area contributed by atoms with Crippen LogP contribution in [0.5, 0.6) is 5.75 Å². The number of aromatic nitrogens is 1. The Balaban J connectivity index is 1.13. The van der Waals surface area contributed by atoms with Gasteiger partial charge in [0.25, 0.3) is 5.91 Å². The molecular formula is C31H22ClIN4O4S. The van der Waals surface area contributed by atoms with Crippen LogP contribution in [0.4, 0.5) is 10.8 Å². The first kappa shape index (κ1) is 29.2. The number of hydrogen-bond donors (Lipinski definition) is 3. The Morgan fingerprint density at radius 1 is 0.976 bits per heavy atom. The third kappa shape index (κ3) is 7.72. The molecule has 1 aromatic heterocycles. The molecule has 0 spiro atoms. The molecule has 0 unspecified atom stereocenters. The molecule has 1 heterocycles. The predicted octanol–water partition coefficient (Wildman–Crippen LogP) is 7.85. The van der Waals surface area contributed by atoms with Crippen LogP contribution in [0, 0.1) is 3.57 Å². The highest BCUT2D eigenvalue weighted by molar-refractivity contribution is 14.1. The molecule has 0 fully saturated rings. The molecule has 0 aliphatic heterocycles. The highest BCUT2D eigenvalue weighted by Crippen LogP contribution is 2.28. The molecule has 0 saturated heterocycles. The molecule has 0 radical (unpaired) electrons. The number of benzene rings is 4. The molecule has 42 heavy (non-hydrogen) atoms. The number of carbonyl (C=O) groups is 2. The van der Waals surface area contributed by atoms with E-state index in [0.717, 1.165) is 36.8 Å². The Morgan fingerprint density at radius 2 is 1.69 bits per heavy atom. The Morgan fingerprint density at radius 3 is 2.38 bits per heavy atom. The van der Waals surface area contributed by atoms with Crippen molar-refractivity contribution in [1.29, 1.82) is 0 Å². The van der Waals surface area contributed by atoms with Crippen LogP contribution in [0.2, 0.25) is 5.02 Å². The van der Waals surface area contributed by atoms with E-state index in [0.29, 0.717) is 22.9 Å². The summed E-state index contributed by atoms with van der Waals surface area (Å²) in [5, 5.41) is 19.7. The first-order valence-corrected chi connectivity index (χ1v) is 14.8. The summed E-state index contributed by atoms with van der Waals surface area (Å²) in [6, 6.07) is 26.7. The molecule has 8 nitrogen and oxygen atoms in total. The van der Waals surface area contributed by atoms with E-state index >= 15 is 0 Å². The fraction of sp³-hybridized carbons (Fsp3) is 0.0323. The smallest absolute Gasteiger partial charge is 0.335 e. The topological polar surface area (TPSA) is 113 Å². The van der Waals surface area contributed by atoms with Crippen molar-refractivity contribution < 1.29 is 19.4 Å². The third-order valence-electron chi connectivity index (χ3n) is 5.97. The number of rotatable bonds is 10. The standard InChI is InChI=1S/C31H22ClIN4O4S/c32-24-10-12-25(13-11-24)35-31-36-27(18-42-31)21-6-8-22(9-7-21)29(38)37-34-16-20-3-14-28(26(33)15-20)41-17-19-1-4-23(5-2-19)30(39)40/h1-16,18H,17H2,(H,35,36)(H,37,38)(H,39,40)/b34-16-. The van der Waals surface area contributed by atoms with Crippen molar-refractivity contribution in [3.05, 3.63) is 127 Å². The van der Waals surface area contributed by atoms with Gasteiger partial charge in [-0.2, -0.15) is 5.10 Å². The van der Waals surface area contributed by atoms with E-state index in [-0.39, 0.29) is 11.5 Å². The summed E-state index contributed by atoms with van der Waals surface area (Å²) >= 11 is 9.60. The summed E-state index contributed by atoms with van der Waals surface area (Å²) in [6.07, 6.45) is 1.56. The number of carboxylic acid groups (broad SMARTS) is 1. The second-order valence-electron chi connectivity index (χ2n) is 8.93. The first-order valence-electron chi connectivity index (χ1n) is 12.5. The van der Waals surface area contributed by atoms with Crippen LogP contribution in [-0.4, -0.2) is 28.2 Å². The van der Waals surface area contributed by atoms with Gasteiger partial charge in [-0.05, 0) is 100 Å². The number of aromatic carboxylic acids is 1. The van der Waals surface area contributed by atoms with Gasteiger partial charge in [0.2, 0.25) is 0 Å². The second kappa shape index (κ2) is 13.6. The van der Waals surface area contributed by atoms with Gasteiger partial charge in [-0.3, -0.25) is 4.79 Å². The molecule has 3 N–H and O–H groups in total. The van der Waals surface area contributed by atoms with E-state index in [1.165, 1.54) is 11.3 Å². The van der Waals surface area contributed by atoms with Crippen LogP contribution in [0.15, 0.2) is 101 Å². The largest absolute Gasteiger partial charge is 0.488 e. The summed E-state index contributed by atoms with van der Waals surface area (Å²) < 4.78 is 6.74. The fourth-order valence-corrected chi connectivity index (χ4v) is 5.32. The minimum absolute atomic E-state index is 0.231. The van der Waals surface area contributed by atoms with Crippen LogP contribution in [0.1, 0.15) is 31.8 Å². The highest BCUT2D eigenvalue weighted by atomic mass is 127. The number of carbonyl (C=O) groups excluding carboxylic acids is 1. The number of carboxylic acids is 1. The SMILES string of the molecule is O=C(O)c1ccc(COc2ccc(/C=N\NC(=O)c3ccc(-c4csc(Nc5ccc(Cl)cc5)n4)cc3)cc2I)cc1. The lowest BCUT2D eigenvalue weighted by molar-refractivity contribution is 0.0696. The highest BCUT2D eigenvalue weighted by Gasteiger charge is 2.09. The van der Waals surface area contributed by atoms with Crippen LogP contribution < -0.4 is 15.5 Å². The third-order valence-corrected chi connectivity index (χ3v) is 7.83. The summed E-state index contributed by atoms with van der Waals surface area (Å²) in [6.45, 7) is 0.308. The number of hydrogen-bond acceptors (Lipinski definition) is 7. The molecule has 210 valence electrons. The van der Waals surface area contributed by atoms with E-state index in [2.05, 4.69) is 43.4 Å². The van der Waals surface area contributed by atoms with Crippen LogP contribution in [0.3, 0.4) is 0 Å². The summed E-state index contributed by atoms with van der Waals surface area (Å²) in [5.41, 5.74) is 7.51. The molecule has 0 saturated carbocycles. The van der Waals surface area contributed by atoms with Gasteiger partial charge in [0.05, 0.1) is 21.0 Å². The zero-order chi connectivity index (χ0) is 29.5. The number of ether oxygens (including phenoxy) is 1. The number of nitrogens with one attached hydrogen (secondary N) is 2. The maximum absolute atomic E-state index is 12.6. The maximum atomic E-state index is 12.6. The molecule has 0 aliphatic rings. The monoisotopic (exact) mass is 708 g/mol. The van der Waals surface area contributed by atoms with E-state index in [9.17, 15) is 9.59 Å². The summed E-state index contributed by atoms with van der Waals surface area (Å²) in [4.78, 5) is 28.2. The summed E-state index contributed by atoms with van der Waals surface area (Å²) in [7, 11) is 0. The molecule has 11 heteroatoms. The molecular weight excluding hydrogens is 687 g/mol. The quantitative estimate of drug-likeness (QED) is 0.0774. The van der Waals surface area contributed by atoms with E-state index in [1.54, 1.807) is 42.6 Å². The molecule has 5 rings (SSSR count). The normalized spacial score (nSPS) is 10.9. The van der Waals surface area contributed by atoms with Crippen LogP contribution in [0.25, 0.3) is 11.3 Å². The lowest BCUT2D eigenvalue weighted by Gasteiger charge is -2.09. The van der Waals surface area contributed by atoms with Crippen molar-refractivity contribution >= 4 is 74.4 Å². The average Bonchev–Trinajstić information content (AvgIpc) is 3.46. The Kier molecular flexibility index (Phi) is 9.47. The van der Waals surface area contributed by atoms with Crippen molar-refractivity contribution in [3.8, 4) is 17.0 Å². The molecule has 1 amide bonds. The van der Waals surface area contributed by atoms with E-state index in [4.69, 9.17) is 21.4 Å². The molecule has 0 bridgehead atoms. The summed E-state index contributed by atoms with van der Waals surface area (Å²) in [5.74, 6) is -0.606. The number of hydrazone groups is 1. The minimum Gasteiger partial charge on any atom is -0.488 e. The number of anilines is 2. The zero-order valence-corrected chi connectivity index (χ0v) is 25.5. The molecule has 5 aromatic rings. The lowest BCUT2D eigenvalue weighted by atomic mass is 10.1. The zero-order valence-electron chi connectivity index (χ0n) is 21.8. The number of amides is 1. The van der Waals surface area contributed by atoms with Gasteiger partial charge in [0, 0.05) is 27.2 Å². The van der Waals surface area contributed by atoms with Crippen LogP contribution in [-0.2, 0) is 6.61 Å². The Hall–Kier alpha value is -4.26.